The smallest absolute Gasteiger partial charge is 0.186 e. The van der Waals surface area contributed by atoms with Gasteiger partial charge >= 0.3 is 0 Å². The van der Waals surface area contributed by atoms with Gasteiger partial charge in [0.1, 0.15) is 0 Å². The molecule has 1 saturated heterocycles. The molecule has 1 aliphatic rings. The number of hydrogen-bond donors (Lipinski definition) is 0. The van der Waals surface area contributed by atoms with Crippen LogP contribution in [0, 0.1) is 0 Å². The number of thiophene rings is 1. The highest BCUT2D eigenvalue weighted by Crippen LogP contribution is 2.13. The van der Waals surface area contributed by atoms with Crippen molar-refractivity contribution in [3.05, 3.63) is 22.4 Å². The van der Waals surface area contributed by atoms with Crippen LogP contribution >= 0.6 is 11.3 Å². The average Bonchev–Trinajstić information content (AvgIpc) is 2.65. The van der Waals surface area contributed by atoms with Crippen LogP contribution in [0.5, 0.6) is 0 Å². The van der Waals surface area contributed by atoms with Crippen molar-refractivity contribution in [2.24, 2.45) is 0 Å². The molecular formula is C12H17NOS. The first-order chi connectivity index (χ1) is 7.36. The summed E-state index contributed by atoms with van der Waals surface area (Å²) >= 11 is 1.55. The molecule has 0 N–H and O–H groups in total. The first-order valence-electron chi connectivity index (χ1n) is 5.65. The molecule has 0 spiro atoms. The van der Waals surface area contributed by atoms with Gasteiger partial charge in [-0.05, 0) is 37.4 Å². The molecule has 1 aliphatic heterocycles. The van der Waals surface area contributed by atoms with Crippen molar-refractivity contribution in [2.45, 2.75) is 25.7 Å². The maximum atomic E-state index is 11.9. The van der Waals surface area contributed by atoms with E-state index >= 15 is 0 Å². The predicted octanol–water partition coefficient (Wildman–Crippen LogP) is 2.81. The van der Waals surface area contributed by atoms with Crippen LogP contribution in [-0.4, -0.2) is 30.3 Å². The van der Waals surface area contributed by atoms with Gasteiger partial charge in [-0.3, -0.25) is 9.69 Å². The number of Topliss-reactive ketones (excluding diaryl/α,β-unsaturated/α-hetero) is 1. The van der Waals surface area contributed by atoms with Crippen molar-refractivity contribution >= 4 is 17.1 Å². The largest absolute Gasteiger partial charge is 0.296 e. The van der Waals surface area contributed by atoms with Gasteiger partial charge in [-0.25, -0.2) is 0 Å². The zero-order valence-corrected chi connectivity index (χ0v) is 9.76. The summed E-state index contributed by atoms with van der Waals surface area (Å²) in [5.74, 6) is 0.284. The molecule has 2 rings (SSSR count). The molecule has 1 aromatic rings. The summed E-state index contributed by atoms with van der Waals surface area (Å²) in [5, 5.41) is 1.97. The van der Waals surface area contributed by atoms with Crippen molar-refractivity contribution < 1.29 is 4.79 Å². The third-order valence-corrected chi connectivity index (χ3v) is 3.77. The van der Waals surface area contributed by atoms with Crippen LogP contribution in [0.1, 0.15) is 35.4 Å². The minimum atomic E-state index is 0.284. The maximum absolute atomic E-state index is 11.9. The molecule has 1 aromatic heterocycles. The summed E-state index contributed by atoms with van der Waals surface area (Å²) in [6.45, 7) is 2.80. The number of ketones is 1. The zero-order valence-electron chi connectivity index (χ0n) is 8.95. The standard InChI is InChI=1S/C12H17NOS/c14-11(12-6-5-9-15-12)10-13-7-3-1-2-4-8-13/h5-6,9H,1-4,7-8,10H2. The molecule has 0 bridgehead atoms. The van der Waals surface area contributed by atoms with E-state index in [0.29, 0.717) is 6.54 Å². The molecular weight excluding hydrogens is 206 g/mol. The van der Waals surface area contributed by atoms with Crippen molar-refractivity contribution in [1.29, 1.82) is 0 Å². The van der Waals surface area contributed by atoms with E-state index < -0.39 is 0 Å². The van der Waals surface area contributed by atoms with Gasteiger partial charge in [-0.2, -0.15) is 0 Å². The molecule has 0 unspecified atom stereocenters. The topological polar surface area (TPSA) is 20.3 Å². The van der Waals surface area contributed by atoms with E-state index in [0.717, 1.165) is 18.0 Å². The average molecular weight is 223 g/mol. The lowest BCUT2D eigenvalue weighted by molar-refractivity contribution is 0.0937. The summed E-state index contributed by atoms with van der Waals surface area (Å²) < 4.78 is 0. The van der Waals surface area contributed by atoms with Crippen LogP contribution in [0.25, 0.3) is 0 Å². The van der Waals surface area contributed by atoms with Crippen LogP contribution in [0.3, 0.4) is 0 Å². The Morgan fingerprint density at radius 2 is 2.00 bits per heavy atom. The van der Waals surface area contributed by atoms with E-state index in [4.69, 9.17) is 0 Å². The second-order valence-electron chi connectivity index (χ2n) is 4.09. The number of rotatable bonds is 3. The second kappa shape index (κ2) is 5.42. The van der Waals surface area contributed by atoms with Gasteiger partial charge in [0, 0.05) is 0 Å². The SMILES string of the molecule is O=C(CN1CCCCCC1)c1cccs1. The third kappa shape index (κ3) is 3.14. The minimum absolute atomic E-state index is 0.284. The van der Waals surface area contributed by atoms with Crippen LogP contribution in [0.2, 0.25) is 0 Å². The Kier molecular flexibility index (Phi) is 3.92. The van der Waals surface area contributed by atoms with Gasteiger partial charge in [0.2, 0.25) is 0 Å². The zero-order chi connectivity index (χ0) is 10.5. The van der Waals surface area contributed by atoms with E-state index in [1.165, 1.54) is 25.7 Å². The lowest BCUT2D eigenvalue weighted by atomic mass is 10.2. The van der Waals surface area contributed by atoms with Crippen LogP contribution < -0.4 is 0 Å². The molecule has 0 radical (unpaired) electrons. The fourth-order valence-electron chi connectivity index (χ4n) is 2.01. The van der Waals surface area contributed by atoms with Crippen molar-refractivity contribution in [2.75, 3.05) is 19.6 Å². The summed E-state index contributed by atoms with van der Waals surface area (Å²) in [6.07, 6.45) is 5.14. The first-order valence-corrected chi connectivity index (χ1v) is 6.53. The van der Waals surface area contributed by atoms with Crippen molar-refractivity contribution in [3.8, 4) is 0 Å². The summed E-state index contributed by atoms with van der Waals surface area (Å²) in [6, 6.07) is 3.87. The predicted molar refractivity (Wildman–Crippen MR) is 63.6 cm³/mol. The van der Waals surface area contributed by atoms with Gasteiger partial charge in [0.15, 0.2) is 5.78 Å². The molecule has 0 saturated carbocycles. The Morgan fingerprint density at radius 3 is 2.60 bits per heavy atom. The molecule has 2 nitrogen and oxygen atoms in total. The first kappa shape index (κ1) is 10.8. The monoisotopic (exact) mass is 223 g/mol. The highest BCUT2D eigenvalue weighted by molar-refractivity contribution is 7.12. The lowest BCUT2D eigenvalue weighted by Crippen LogP contribution is -2.30. The number of hydrogen-bond acceptors (Lipinski definition) is 3. The van der Waals surface area contributed by atoms with Crippen molar-refractivity contribution in [1.82, 2.24) is 4.90 Å². The normalized spacial score (nSPS) is 18.7. The van der Waals surface area contributed by atoms with Gasteiger partial charge < -0.3 is 0 Å². The minimum Gasteiger partial charge on any atom is -0.296 e. The Labute approximate surface area is 94.9 Å². The van der Waals surface area contributed by atoms with E-state index in [-0.39, 0.29) is 5.78 Å². The number of likely N-dealkylation sites (tertiary alicyclic amines) is 1. The van der Waals surface area contributed by atoms with Gasteiger partial charge in [0.05, 0.1) is 11.4 Å². The number of carbonyl (C=O) groups is 1. The van der Waals surface area contributed by atoms with E-state index in [2.05, 4.69) is 4.90 Å². The van der Waals surface area contributed by atoms with E-state index in [1.807, 2.05) is 17.5 Å². The fourth-order valence-corrected chi connectivity index (χ4v) is 2.67. The van der Waals surface area contributed by atoms with Crippen LogP contribution in [0.4, 0.5) is 0 Å². The molecule has 0 amide bonds. The molecule has 0 atom stereocenters. The quantitative estimate of drug-likeness (QED) is 0.734. The lowest BCUT2D eigenvalue weighted by Gasteiger charge is -2.17. The van der Waals surface area contributed by atoms with Crippen LogP contribution in [-0.2, 0) is 0 Å². The molecule has 0 aliphatic carbocycles. The summed E-state index contributed by atoms with van der Waals surface area (Å²) in [4.78, 5) is 15.1. The second-order valence-corrected chi connectivity index (χ2v) is 5.04. The molecule has 3 heteroatoms. The highest BCUT2D eigenvalue weighted by Gasteiger charge is 2.14. The Bertz CT molecular complexity index is 299. The molecule has 82 valence electrons. The van der Waals surface area contributed by atoms with Gasteiger partial charge in [-0.15, -0.1) is 11.3 Å². The van der Waals surface area contributed by atoms with Gasteiger partial charge in [0.25, 0.3) is 0 Å². The number of nitrogens with zero attached hydrogens (tertiary/aromatic N) is 1. The summed E-state index contributed by atoms with van der Waals surface area (Å²) in [5.41, 5.74) is 0. The Balaban J connectivity index is 1.87. The Hall–Kier alpha value is -0.670. The highest BCUT2D eigenvalue weighted by atomic mass is 32.1. The third-order valence-electron chi connectivity index (χ3n) is 2.86. The molecule has 2 heterocycles. The molecule has 15 heavy (non-hydrogen) atoms. The molecule has 0 aromatic carbocycles. The number of carbonyl (C=O) groups excluding carboxylic acids is 1. The van der Waals surface area contributed by atoms with E-state index in [1.54, 1.807) is 11.3 Å². The molecule has 1 fully saturated rings. The van der Waals surface area contributed by atoms with Crippen LogP contribution in [0.15, 0.2) is 17.5 Å². The van der Waals surface area contributed by atoms with Gasteiger partial charge in [-0.1, -0.05) is 18.9 Å². The maximum Gasteiger partial charge on any atom is 0.186 e. The summed E-state index contributed by atoms with van der Waals surface area (Å²) in [7, 11) is 0. The Morgan fingerprint density at radius 1 is 1.27 bits per heavy atom. The van der Waals surface area contributed by atoms with Crippen molar-refractivity contribution in [3.63, 3.8) is 0 Å². The fraction of sp³-hybridized carbons (Fsp3) is 0.583. The van der Waals surface area contributed by atoms with E-state index in [9.17, 15) is 4.79 Å².